The van der Waals surface area contributed by atoms with Crippen LogP contribution in [0.15, 0.2) is 12.2 Å². The monoisotopic (exact) mass is 142 g/mol. The Balaban J connectivity index is 4.19. The lowest BCUT2D eigenvalue weighted by molar-refractivity contribution is 0.0484. The molecule has 0 spiro atoms. The van der Waals surface area contributed by atoms with Crippen LogP contribution in [0.1, 0.15) is 27.7 Å². The first kappa shape index (κ1) is 9.70. The summed E-state index contributed by atoms with van der Waals surface area (Å²) in [6, 6.07) is 0. The van der Waals surface area contributed by atoms with Crippen LogP contribution in [-0.4, -0.2) is 12.7 Å². The third-order valence-electron chi connectivity index (χ3n) is 1.98. The minimum atomic E-state index is -0.172. The fourth-order valence-electron chi connectivity index (χ4n) is 0.826. The number of ether oxygens (including phenoxy) is 1. The molecule has 0 aromatic rings. The number of hydrogen-bond donors (Lipinski definition) is 0. The second kappa shape index (κ2) is 3.20. The zero-order chi connectivity index (χ0) is 8.36. The molecule has 0 bridgehead atoms. The fraction of sp³-hybridized carbons (Fsp3) is 0.778. The molecule has 0 heterocycles. The maximum absolute atomic E-state index is 5.26. The first-order valence-electron chi connectivity index (χ1n) is 3.66. The van der Waals surface area contributed by atoms with Crippen LogP contribution in [0.25, 0.3) is 0 Å². The Hall–Kier alpha value is -0.300. The summed E-state index contributed by atoms with van der Waals surface area (Å²) in [7, 11) is 1.72. The van der Waals surface area contributed by atoms with Crippen LogP contribution in [0, 0.1) is 5.92 Å². The molecule has 0 rings (SSSR count). The summed E-state index contributed by atoms with van der Waals surface area (Å²) in [5.41, 5.74) is 0.976. The minimum Gasteiger partial charge on any atom is -0.374 e. The molecule has 1 heteroatoms. The third-order valence-corrected chi connectivity index (χ3v) is 1.98. The van der Waals surface area contributed by atoms with E-state index >= 15 is 0 Å². The zero-order valence-electron chi connectivity index (χ0n) is 7.69. The SMILES string of the molecule is C=C(C(C)C)C(C)(C)OC. The van der Waals surface area contributed by atoms with Gasteiger partial charge in [-0.05, 0) is 25.3 Å². The van der Waals surface area contributed by atoms with Crippen molar-refractivity contribution in [2.75, 3.05) is 7.11 Å². The van der Waals surface area contributed by atoms with Crippen molar-refractivity contribution in [3.05, 3.63) is 12.2 Å². The molecule has 10 heavy (non-hydrogen) atoms. The Morgan fingerprint density at radius 2 is 1.80 bits per heavy atom. The van der Waals surface area contributed by atoms with E-state index in [0.717, 1.165) is 5.57 Å². The van der Waals surface area contributed by atoms with Gasteiger partial charge >= 0.3 is 0 Å². The maximum Gasteiger partial charge on any atom is 0.0831 e. The normalized spacial score (nSPS) is 12.2. The minimum absolute atomic E-state index is 0.172. The molecule has 0 saturated carbocycles. The van der Waals surface area contributed by atoms with Crippen molar-refractivity contribution < 1.29 is 4.74 Å². The van der Waals surface area contributed by atoms with Gasteiger partial charge < -0.3 is 4.74 Å². The van der Waals surface area contributed by atoms with Crippen molar-refractivity contribution in [2.45, 2.75) is 33.3 Å². The first-order valence-corrected chi connectivity index (χ1v) is 3.66. The van der Waals surface area contributed by atoms with Gasteiger partial charge in [0.2, 0.25) is 0 Å². The molecule has 0 aromatic heterocycles. The van der Waals surface area contributed by atoms with Gasteiger partial charge in [0.15, 0.2) is 0 Å². The zero-order valence-corrected chi connectivity index (χ0v) is 7.69. The van der Waals surface area contributed by atoms with E-state index in [1.54, 1.807) is 7.11 Å². The fourth-order valence-corrected chi connectivity index (χ4v) is 0.826. The lowest BCUT2D eigenvalue weighted by atomic mass is 9.90. The average molecular weight is 142 g/mol. The van der Waals surface area contributed by atoms with Crippen molar-refractivity contribution in [3.8, 4) is 0 Å². The van der Waals surface area contributed by atoms with Gasteiger partial charge in [-0.3, -0.25) is 0 Å². The second-order valence-electron chi connectivity index (χ2n) is 3.39. The lowest BCUT2D eigenvalue weighted by Gasteiger charge is -2.28. The molecule has 0 aliphatic heterocycles. The molecule has 0 aliphatic rings. The predicted molar refractivity (Wildman–Crippen MR) is 45.1 cm³/mol. The Kier molecular flexibility index (Phi) is 3.10. The van der Waals surface area contributed by atoms with Gasteiger partial charge in [-0.25, -0.2) is 0 Å². The Labute approximate surface area is 64.1 Å². The molecule has 0 unspecified atom stereocenters. The molecule has 0 radical (unpaired) electrons. The van der Waals surface area contributed by atoms with Crippen LogP contribution < -0.4 is 0 Å². The molecular weight excluding hydrogens is 124 g/mol. The van der Waals surface area contributed by atoms with Gasteiger partial charge in [-0.1, -0.05) is 20.4 Å². The van der Waals surface area contributed by atoms with Crippen LogP contribution in [0.3, 0.4) is 0 Å². The van der Waals surface area contributed by atoms with Crippen LogP contribution in [0.4, 0.5) is 0 Å². The van der Waals surface area contributed by atoms with E-state index in [4.69, 9.17) is 4.74 Å². The molecule has 0 aliphatic carbocycles. The van der Waals surface area contributed by atoms with E-state index in [2.05, 4.69) is 20.4 Å². The maximum atomic E-state index is 5.26. The number of methoxy groups -OCH3 is 1. The number of rotatable bonds is 3. The Morgan fingerprint density at radius 1 is 1.40 bits per heavy atom. The smallest absolute Gasteiger partial charge is 0.0831 e. The van der Waals surface area contributed by atoms with Gasteiger partial charge in [0.25, 0.3) is 0 Å². The van der Waals surface area contributed by atoms with Crippen molar-refractivity contribution in [3.63, 3.8) is 0 Å². The first-order chi connectivity index (χ1) is 4.41. The largest absolute Gasteiger partial charge is 0.374 e. The summed E-state index contributed by atoms with van der Waals surface area (Å²) in [5, 5.41) is 0. The van der Waals surface area contributed by atoms with Crippen LogP contribution in [0.5, 0.6) is 0 Å². The second-order valence-corrected chi connectivity index (χ2v) is 3.39. The summed E-state index contributed by atoms with van der Waals surface area (Å²) in [5.74, 6) is 0.495. The highest BCUT2D eigenvalue weighted by molar-refractivity contribution is 5.11. The lowest BCUT2D eigenvalue weighted by Crippen LogP contribution is -2.27. The Morgan fingerprint density at radius 3 is 1.90 bits per heavy atom. The summed E-state index contributed by atoms with van der Waals surface area (Å²) in [6.45, 7) is 12.3. The standard InChI is InChI=1S/C9H18O/c1-7(2)8(3)9(4,5)10-6/h7H,3H2,1-2,4-6H3. The predicted octanol–water partition coefficient (Wildman–Crippen LogP) is 2.62. The van der Waals surface area contributed by atoms with E-state index in [1.807, 2.05) is 13.8 Å². The molecule has 0 atom stereocenters. The molecule has 0 N–H and O–H groups in total. The quantitative estimate of drug-likeness (QED) is 0.550. The van der Waals surface area contributed by atoms with E-state index in [-0.39, 0.29) is 5.60 Å². The van der Waals surface area contributed by atoms with E-state index in [0.29, 0.717) is 5.92 Å². The summed E-state index contributed by atoms with van der Waals surface area (Å²) >= 11 is 0. The molecule has 0 amide bonds. The van der Waals surface area contributed by atoms with Crippen molar-refractivity contribution >= 4 is 0 Å². The Bertz CT molecular complexity index is 123. The van der Waals surface area contributed by atoms with Crippen molar-refractivity contribution in [1.82, 2.24) is 0 Å². The van der Waals surface area contributed by atoms with Gasteiger partial charge in [0.05, 0.1) is 5.60 Å². The summed E-state index contributed by atoms with van der Waals surface area (Å²) < 4.78 is 5.26. The summed E-state index contributed by atoms with van der Waals surface area (Å²) in [4.78, 5) is 0. The van der Waals surface area contributed by atoms with Crippen LogP contribution in [-0.2, 0) is 4.74 Å². The summed E-state index contributed by atoms with van der Waals surface area (Å²) in [6.07, 6.45) is 0. The molecule has 0 fully saturated rings. The average Bonchev–Trinajstić information content (AvgIpc) is 1.86. The highest BCUT2D eigenvalue weighted by Crippen LogP contribution is 2.24. The molecular formula is C9H18O. The van der Waals surface area contributed by atoms with Gasteiger partial charge in [-0.15, -0.1) is 0 Å². The molecule has 0 saturated heterocycles. The number of hydrogen-bond acceptors (Lipinski definition) is 1. The highest BCUT2D eigenvalue weighted by Gasteiger charge is 2.22. The third kappa shape index (κ3) is 2.14. The van der Waals surface area contributed by atoms with Crippen molar-refractivity contribution in [2.24, 2.45) is 5.92 Å². The topological polar surface area (TPSA) is 9.23 Å². The van der Waals surface area contributed by atoms with Crippen LogP contribution in [0.2, 0.25) is 0 Å². The van der Waals surface area contributed by atoms with Gasteiger partial charge in [0, 0.05) is 7.11 Å². The van der Waals surface area contributed by atoms with Gasteiger partial charge in [-0.2, -0.15) is 0 Å². The molecule has 1 nitrogen and oxygen atoms in total. The van der Waals surface area contributed by atoms with E-state index < -0.39 is 0 Å². The van der Waals surface area contributed by atoms with Crippen molar-refractivity contribution in [1.29, 1.82) is 0 Å². The van der Waals surface area contributed by atoms with Crippen LogP contribution >= 0.6 is 0 Å². The van der Waals surface area contributed by atoms with E-state index in [1.165, 1.54) is 0 Å². The highest BCUT2D eigenvalue weighted by atomic mass is 16.5. The molecule has 60 valence electrons. The molecule has 0 aromatic carbocycles. The van der Waals surface area contributed by atoms with Gasteiger partial charge in [0.1, 0.15) is 0 Å². The van der Waals surface area contributed by atoms with E-state index in [9.17, 15) is 0 Å².